The summed E-state index contributed by atoms with van der Waals surface area (Å²) >= 11 is 0. The van der Waals surface area contributed by atoms with Crippen molar-refractivity contribution in [2.24, 2.45) is 0 Å². The Morgan fingerprint density at radius 3 is 0.200 bits per heavy atom. The molecular weight excluding hydrogens is 721 g/mol. The summed E-state index contributed by atoms with van der Waals surface area (Å²) in [6.07, 6.45) is 0. The van der Waals surface area contributed by atoms with Crippen molar-refractivity contribution in [1.29, 1.82) is 0 Å². The molecule has 0 N–H and O–H groups in total. The van der Waals surface area contributed by atoms with E-state index < -0.39 is 0 Å². The summed E-state index contributed by atoms with van der Waals surface area (Å²) in [5.74, 6) is 0. The van der Waals surface area contributed by atoms with Crippen molar-refractivity contribution in [3.63, 3.8) is 0 Å². The van der Waals surface area contributed by atoms with Gasteiger partial charge >= 0.3 is 0 Å². The normalized spacial score (nSPS) is 0. The Bertz CT molecular complexity index is 0. The topological polar surface area (TPSA) is 0 Å². The molecule has 0 aromatic carbocycles. The summed E-state index contributed by atoms with van der Waals surface area (Å²) < 4.78 is 0. The summed E-state index contributed by atoms with van der Waals surface area (Å²) in [5.41, 5.74) is 0. The molecule has 0 rings (SSSR count). The average Bonchev–Trinajstić information content (AvgIpc) is 0. The van der Waals surface area contributed by atoms with Crippen molar-refractivity contribution < 1.29 is 204 Å². The van der Waals surface area contributed by atoms with Crippen molar-refractivity contribution in [3.05, 3.63) is 0 Å². The zero-order chi connectivity index (χ0) is 0. The van der Waals surface area contributed by atoms with Gasteiger partial charge in [0, 0.05) is 204 Å². The van der Waals surface area contributed by atoms with Gasteiger partial charge < -0.3 is 0 Å². The molecule has 0 saturated carbocycles. The standard InChI is InChI=1S/5Nd. The van der Waals surface area contributed by atoms with Gasteiger partial charge in [0.25, 0.3) is 0 Å². The quantitative estimate of drug-likeness (QED) is 0.331. The minimum Gasteiger partial charge on any atom is 0 e. The Labute approximate surface area is 197 Å². The van der Waals surface area contributed by atoms with Gasteiger partial charge in [0.15, 0.2) is 0 Å². The molecule has 0 aromatic rings. The summed E-state index contributed by atoms with van der Waals surface area (Å²) in [6, 6.07) is 0. The van der Waals surface area contributed by atoms with Crippen molar-refractivity contribution in [1.82, 2.24) is 0 Å². The molecule has 0 fully saturated rings. The molecule has 0 nitrogen and oxygen atoms in total. The first kappa shape index (κ1) is 29.8. The molecular formula is Nd5. The van der Waals surface area contributed by atoms with Crippen molar-refractivity contribution in [3.8, 4) is 0 Å². The van der Waals surface area contributed by atoms with E-state index in [1.807, 2.05) is 0 Å². The minimum absolute atomic E-state index is 0. The predicted octanol–water partition coefficient (Wildman–Crippen LogP) is 0. The van der Waals surface area contributed by atoms with E-state index in [1.54, 1.807) is 0 Å². The molecule has 0 unspecified atom stereocenters. The molecule has 0 amide bonds. The Morgan fingerprint density at radius 1 is 0.200 bits per heavy atom. The largest absolute Gasteiger partial charge is 0 e. The average molecular weight is 721 g/mol. The second-order valence-electron chi connectivity index (χ2n) is 0. The molecule has 0 aliphatic carbocycles. The van der Waals surface area contributed by atoms with E-state index in [0.717, 1.165) is 0 Å². The van der Waals surface area contributed by atoms with Crippen LogP contribution in [-0.2, 0) is 0 Å². The Balaban J connectivity index is 0. The van der Waals surface area contributed by atoms with Crippen molar-refractivity contribution in [2.75, 3.05) is 0 Å². The monoisotopic (exact) mass is 710 g/mol. The van der Waals surface area contributed by atoms with E-state index in [-0.39, 0.29) is 204 Å². The second kappa shape index (κ2) is 22.4. The van der Waals surface area contributed by atoms with Gasteiger partial charge in [-0.1, -0.05) is 0 Å². The molecule has 0 aromatic heterocycles. The fourth-order valence-corrected chi connectivity index (χ4v) is 0. The van der Waals surface area contributed by atoms with E-state index in [0.29, 0.717) is 0 Å². The summed E-state index contributed by atoms with van der Waals surface area (Å²) in [6.45, 7) is 0. The van der Waals surface area contributed by atoms with Crippen LogP contribution in [0.5, 0.6) is 0 Å². The molecule has 0 atom stereocenters. The Morgan fingerprint density at radius 2 is 0.200 bits per heavy atom. The molecule has 0 aliphatic heterocycles. The first-order valence-corrected chi connectivity index (χ1v) is 0. The second-order valence-corrected chi connectivity index (χ2v) is 0. The number of rotatable bonds is 0. The molecule has 0 radical (unpaired) electrons. The zero-order valence-electron chi connectivity index (χ0n) is 2.50. The molecule has 5 heavy (non-hydrogen) atoms. The van der Waals surface area contributed by atoms with Crippen LogP contribution in [0.4, 0.5) is 0 Å². The van der Waals surface area contributed by atoms with Gasteiger partial charge in [-0.2, -0.15) is 0 Å². The van der Waals surface area contributed by atoms with Crippen LogP contribution in [0.25, 0.3) is 0 Å². The Kier molecular flexibility index (Phi) is 134. The van der Waals surface area contributed by atoms with E-state index in [9.17, 15) is 0 Å². The summed E-state index contributed by atoms with van der Waals surface area (Å²) in [5, 5.41) is 0. The third-order valence-electron chi connectivity index (χ3n) is 0. The van der Waals surface area contributed by atoms with Crippen LogP contribution in [0.2, 0.25) is 0 Å². The third-order valence-corrected chi connectivity index (χ3v) is 0. The van der Waals surface area contributed by atoms with E-state index >= 15 is 0 Å². The first-order valence-electron chi connectivity index (χ1n) is 0. The van der Waals surface area contributed by atoms with Gasteiger partial charge in [-0.25, -0.2) is 0 Å². The SMILES string of the molecule is [Nd].[Nd].[Nd].[Nd].[Nd]. The molecule has 0 aliphatic rings. The molecule has 0 spiro atoms. The van der Waals surface area contributed by atoms with Gasteiger partial charge in [-0.15, -0.1) is 0 Å². The molecule has 0 saturated heterocycles. The minimum atomic E-state index is 0. The van der Waals surface area contributed by atoms with Crippen molar-refractivity contribution in [2.45, 2.75) is 0 Å². The molecule has 0 heterocycles. The third kappa shape index (κ3) is 18.1. The predicted molar refractivity (Wildman–Crippen MR) is 0 cm³/mol. The smallest absolute Gasteiger partial charge is 0 e. The zero-order valence-corrected chi connectivity index (χ0v) is 18.5. The van der Waals surface area contributed by atoms with Gasteiger partial charge in [0.05, 0.1) is 0 Å². The van der Waals surface area contributed by atoms with Crippen molar-refractivity contribution >= 4 is 0 Å². The van der Waals surface area contributed by atoms with E-state index in [1.165, 1.54) is 0 Å². The molecule has 5 heteroatoms. The maximum atomic E-state index is 0. The first-order chi connectivity index (χ1) is 0. The van der Waals surface area contributed by atoms with Crippen LogP contribution in [0.15, 0.2) is 0 Å². The van der Waals surface area contributed by atoms with Crippen LogP contribution in [-0.4, -0.2) is 0 Å². The molecule has 20 valence electrons. The van der Waals surface area contributed by atoms with E-state index in [4.69, 9.17) is 0 Å². The maximum Gasteiger partial charge on any atom is 0 e. The van der Waals surface area contributed by atoms with Crippen LogP contribution >= 0.6 is 0 Å². The van der Waals surface area contributed by atoms with Crippen LogP contribution in [0.1, 0.15) is 0 Å². The van der Waals surface area contributed by atoms with Gasteiger partial charge in [0.2, 0.25) is 0 Å². The summed E-state index contributed by atoms with van der Waals surface area (Å²) in [4.78, 5) is 0. The fourth-order valence-electron chi connectivity index (χ4n) is 0. The van der Waals surface area contributed by atoms with Gasteiger partial charge in [-0.05, 0) is 0 Å². The van der Waals surface area contributed by atoms with Gasteiger partial charge in [0.1, 0.15) is 0 Å². The number of hydrogen-bond acceptors (Lipinski definition) is 0. The number of hydrogen-bond donors (Lipinski definition) is 0. The summed E-state index contributed by atoms with van der Waals surface area (Å²) in [7, 11) is 0. The van der Waals surface area contributed by atoms with Crippen LogP contribution < -0.4 is 0 Å². The van der Waals surface area contributed by atoms with Crippen LogP contribution in [0.3, 0.4) is 0 Å². The molecule has 0 bridgehead atoms. The van der Waals surface area contributed by atoms with E-state index in [2.05, 4.69) is 0 Å². The fraction of sp³-hybridized carbons (Fsp3) is 0. The Hall–Kier alpha value is 6.75. The van der Waals surface area contributed by atoms with Crippen LogP contribution in [0, 0.1) is 204 Å². The maximum absolute atomic E-state index is 0. The van der Waals surface area contributed by atoms with Gasteiger partial charge in [-0.3, -0.25) is 0 Å².